The first kappa shape index (κ1) is 15.9. The van der Waals surface area contributed by atoms with E-state index < -0.39 is 0 Å². The van der Waals surface area contributed by atoms with Crippen molar-refractivity contribution in [2.24, 2.45) is 0 Å². The molecule has 3 rings (SSSR count). The summed E-state index contributed by atoms with van der Waals surface area (Å²) in [6.45, 7) is 0.462. The zero-order chi connectivity index (χ0) is 16.9. The zero-order valence-electron chi connectivity index (χ0n) is 13.6. The lowest BCUT2D eigenvalue weighted by atomic mass is 10.1. The van der Waals surface area contributed by atoms with Gasteiger partial charge in [-0.25, -0.2) is 9.67 Å². The largest absolute Gasteiger partial charge is 0.468 e. The van der Waals surface area contributed by atoms with Gasteiger partial charge in [-0.2, -0.15) is 5.10 Å². The van der Waals surface area contributed by atoms with Gasteiger partial charge >= 0.3 is 0 Å². The number of carbonyl (C=O) groups excluding carboxylic acids is 1. The van der Waals surface area contributed by atoms with Crippen LogP contribution in [-0.4, -0.2) is 46.2 Å². The number of hydrogen-bond donors (Lipinski definition) is 1. The van der Waals surface area contributed by atoms with E-state index in [1.165, 1.54) is 6.33 Å². The lowest BCUT2D eigenvalue weighted by Gasteiger charge is -2.22. The van der Waals surface area contributed by atoms with Gasteiger partial charge in [-0.1, -0.05) is 0 Å². The van der Waals surface area contributed by atoms with Gasteiger partial charge in [0.25, 0.3) is 5.91 Å². The Hall–Kier alpha value is -2.93. The normalized spacial score (nSPS) is 12.3. The fourth-order valence-electron chi connectivity index (χ4n) is 2.42. The average molecular weight is 325 g/mol. The number of furan rings is 1. The van der Waals surface area contributed by atoms with E-state index in [0.717, 1.165) is 11.4 Å². The van der Waals surface area contributed by atoms with Crippen LogP contribution in [0.25, 0.3) is 5.69 Å². The van der Waals surface area contributed by atoms with Gasteiger partial charge in [-0.15, -0.1) is 0 Å². The van der Waals surface area contributed by atoms with Crippen molar-refractivity contribution >= 4 is 5.91 Å². The summed E-state index contributed by atoms with van der Waals surface area (Å²) in [4.78, 5) is 18.3. The van der Waals surface area contributed by atoms with Gasteiger partial charge in [0.2, 0.25) is 0 Å². The number of hydrogen-bond acceptors (Lipinski definition) is 5. The molecule has 0 spiro atoms. The molecule has 1 unspecified atom stereocenters. The summed E-state index contributed by atoms with van der Waals surface area (Å²) in [7, 11) is 3.90. The molecule has 1 N–H and O–H groups in total. The van der Waals surface area contributed by atoms with Crippen molar-refractivity contribution in [2.45, 2.75) is 6.04 Å². The standard InChI is InChI=1S/C17H19N5O2/c1-21(2)15(16-4-3-9-24-16)10-19-17(23)13-5-7-14(8-6-13)22-12-18-11-20-22/h3-9,11-12,15H,10H2,1-2H3,(H,19,23). The fourth-order valence-corrected chi connectivity index (χ4v) is 2.42. The number of carbonyl (C=O) groups is 1. The second-order valence-electron chi connectivity index (χ2n) is 5.59. The highest BCUT2D eigenvalue weighted by Crippen LogP contribution is 2.17. The van der Waals surface area contributed by atoms with E-state index in [0.29, 0.717) is 12.1 Å². The van der Waals surface area contributed by atoms with E-state index in [-0.39, 0.29) is 11.9 Å². The van der Waals surface area contributed by atoms with Gasteiger partial charge in [-0.05, 0) is 50.5 Å². The Morgan fingerprint density at radius 1 is 1.29 bits per heavy atom. The minimum atomic E-state index is -0.126. The maximum absolute atomic E-state index is 12.3. The van der Waals surface area contributed by atoms with Crippen molar-refractivity contribution < 1.29 is 9.21 Å². The van der Waals surface area contributed by atoms with Crippen LogP contribution in [0, 0.1) is 0 Å². The zero-order valence-corrected chi connectivity index (χ0v) is 13.6. The minimum Gasteiger partial charge on any atom is -0.468 e. The van der Waals surface area contributed by atoms with Gasteiger partial charge in [0.15, 0.2) is 0 Å². The molecule has 0 aliphatic carbocycles. The number of benzene rings is 1. The van der Waals surface area contributed by atoms with E-state index in [9.17, 15) is 4.79 Å². The van der Waals surface area contributed by atoms with E-state index in [1.54, 1.807) is 29.4 Å². The van der Waals surface area contributed by atoms with Gasteiger partial charge < -0.3 is 9.73 Å². The van der Waals surface area contributed by atoms with Crippen LogP contribution >= 0.6 is 0 Å². The molecular weight excluding hydrogens is 306 g/mol. The molecule has 1 aromatic carbocycles. The van der Waals surface area contributed by atoms with Crippen molar-refractivity contribution in [3.05, 3.63) is 66.6 Å². The molecule has 0 saturated carbocycles. The van der Waals surface area contributed by atoms with Crippen LogP contribution in [-0.2, 0) is 0 Å². The predicted molar refractivity (Wildman–Crippen MR) is 88.8 cm³/mol. The van der Waals surface area contributed by atoms with Crippen molar-refractivity contribution in [3.8, 4) is 5.69 Å². The molecule has 7 heteroatoms. The second kappa shape index (κ2) is 7.10. The Morgan fingerprint density at radius 3 is 2.67 bits per heavy atom. The quantitative estimate of drug-likeness (QED) is 0.749. The van der Waals surface area contributed by atoms with E-state index in [2.05, 4.69) is 15.4 Å². The molecule has 1 atom stereocenters. The number of aromatic nitrogens is 3. The maximum Gasteiger partial charge on any atom is 0.251 e. The number of likely N-dealkylation sites (N-methyl/N-ethyl adjacent to an activating group) is 1. The first-order chi connectivity index (χ1) is 11.6. The average Bonchev–Trinajstić information content (AvgIpc) is 3.28. The van der Waals surface area contributed by atoms with E-state index >= 15 is 0 Å². The summed E-state index contributed by atoms with van der Waals surface area (Å²) in [6, 6.07) is 10.9. The molecular formula is C17H19N5O2. The topological polar surface area (TPSA) is 76.2 Å². The summed E-state index contributed by atoms with van der Waals surface area (Å²) in [5.74, 6) is 0.695. The van der Waals surface area contributed by atoms with Crippen molar-refractivity contribution in [2.75, 3.05) is 20.6 Å². The lowest BCUT2D eigenvalue weighted by molar-refractivity contribution is 0.0939. The van der Waals surface area contributed by atoms with Crippen LogP contribution in [0.1, 0.15) is 22.2 Å². The van der Waals surface area contributed by atoms with Crippen LogP contribution < -0.4 is 5.32 Å². The molecule has 7 nitrogen and oxygen atoms in total. The molecule has 2 aromatic heterocycles. The first-order valence-corrected chi connectivity index (χ1v) is 7.58. The molecule has 0 aliphatic rings. The molecule has 3 aromatic rings. The third-order valence-electron chi connectivity index (χ3n) is 3.76. The molecule has 0 saturated heterocycles. The van der Waals surface area contributed by atoms with Crippen LogP contribution in [0.5, 0.6) is 0 Å². The Labute approximate surface area is 139 Å². The molecule has 0 fully saturated rings. The Kier molecular flexibility index (Phi) is 4.72. The van der Waals surface area contributed by atoms with Crippen LogP contribution in [0.15, 0.2) is 59.7 Å². The minimum absolute atomic E-state index is 0.0154. The second-order valence-corrected chi connectivity index (χ2v) is 5.59. The molecule has 1 amide bonds. The summed E-state index contributed by atoms with van der Waals surface area (Å²) in [5, 5.41) is 7.01. The maximum atomic E-state index is 12.3. The van der Waals surface area contributed by atoms with Gasteiger partial charge in [0.1, 0.15) is 18.4 Å². The van der Waals surface area contributed by atoms with Crippen LogP contribution in [0.3, 0.4) is 0 Å². The number of nitrogens with zero attached hydrogens (tertiary/aromatic N) is 4. The highest BCUT2D eigenvalue weighted by Gasteiger charge is 2.18. The first-order valence-electron chi connectivity index (χ1n) is 7.58. The third kappa shape index (κ3) is 3.52. The number of rotatable bonds is 6. The SMILES string of the molecule is CN(C)C(CNC(=O)c1ccc(-n2cncn2)cc1)c1ccco1. The summed E-state index contributed by atoms with van der Waals surface area (Å²) >= 11 is 0. The highest BCUT2D eigenvalue weighted by atomic mass is 16.3. The summed E-state index contributed by atoms with van der Waals surface area (Å²) in [6.07, 6.45) is 4.72. The third-order valence-corrected chi connectivity index (χ3v) is 3.76. The summed E-state index contributed by atoms with van der Waals surface area (Å²) < 4.78 is 7.08. The van der Waals surface area contributed by atoms with Crippen molar-refractivity contribution in [3.63, 3.8) is 0 Å². The highest BCUT2D eigenvalue weighted by molar-refractivity contribution is 5.94. The van der Waals surface area contributed by atoms with Gasteiger partial charge in [0.05, 0.1) is 18.0 Å². The molecule has 2 heterocycles. The fraction of sp³-hybridized carbons (Fsp3) is 0.235. The monoisotopic (exact) mass is 325 g/mol. The predicted octanol–water partition coefficient (Wildman–Crippen LogP) is 1.89. The molecule has 0 radical (unpaired) electrons. The molecule has 0 aliphatic heterocycles. The van der Waals surface area contributed by atoms with E-state index in [4.69, 9.17) is 4.42 Å². The van der Waals surface area contributed by atoms with Gasteiger partial charge in [0, 0.05) is 12.1 Å². The molecule has 124 valence electrons. The van der Waals surface area contributed by atoms with Crippen LogP contribution in [0.2, 0.25) is 0 Å². The Bertz CT molecular complexity index is 764. The van der Waals surface area contributed by atoms with Crippen molar-refractivity contribution in [1.29, 1.82) is 0 Å². The number of nitrogens with one attached hydrogen (secondary N) is 1. The number of amides is 1. The molecule has 24 heavy (non-hydrogen) atoms. The smallest absolute Gasteiger partial charge is 0.251 e. The van der Waals surface area contributed by atoms with E-state index in [1.807, 2.05) is 43.3 Å². The van der Waals surface area contributed by atoms with Gasteiger partial charge in [-0.3, -0.25) is 9.69 Å². The van der Waals surface area contributed by atoms with Crippen molar-refractivity contribution in [1.82, 2.24) is 25.0 Å². The molecule has 0 bridgehead atoms. The Morgan fingerprint density at radius 2 is 2.08 bits per heavy atom. The lowest BCUT2D eigenvalue weighted by Crippen LogP contribution is -2.34. The van der Waals surface area contributed by atoms with Crippen LogP contribution in [0.4, 0.5) is 0 Å². The Balaban J connectivity index is 1.64. The summed E-state index contributed by atoms with van der Waals surface area (Å²) in [5.41, 5.74) is 1.45.